The fourth-order valence-corrected chi connectivity index (χ4v) is 4.48. The van der Waals surface area contributed by atoms with Crippen LogP contribution < -0.4 is 19.7 Å². The van der Waals surface area contributed by atoms with E-state index in [0.717, 1.165) is 5.56 Å². The molecule has 0 radical (unpaired) electrons. The Bertz CT molecular complexity index is 1330. The van der Waals surface area contributed by atoms with Gasteiger partial charge in [0, 0.05) is 28.8 Å². The molecular weight excluding hydrogens is 564 g/mol. The van der Waals surface area contributed by atoms with E-state index >= 15 is 0 Å². The molecule has 3 aromatic carbocycles. The van der Waals surface area contributed by atoms with E-state index in [2.05, 4.69) is 21.2 Å². The molecular formula is C27H24BrClN2O6. The zero-order chi connectivity index (χ0) is 26.5. The molecule has 0 saturated carbocycles. The predicted molar refractivity (Wildman–Crippen MR) is 143 cm³/mol. The summed E-state index contributed by atoms with van der Waals surface area (Å²) in [5, 5.41) is 3.12. The molecule has 10 heteroatoms. The molecule has 1 atom stereocenters. The first-order valence-electron chi connectivity index (χ1n) is 11.4. The quantitative estimate of drug-likeness (QED) is 0.338. The number of nitrogens with one attached hydrogen (secondary N) is 1. The second-order valence-corrected chi connectivity index (χ2v) is 9.65. The van der Waals surface area contributed by atoms with Gasteiger partial charge in [0.2, 0.25) is 5.91 Å². The molecule has 4 rings (SSSR count). The third-order valence-electron chi connectivity index (χ3n) is 5.79. The fraction of sp³-hybridized carbons (Fsp3) is 0.222. The van der Waals surface area contributed by atoms with Crippen molar-refractivity contribution in [1.82, 2.24) is 0 Å². The second-order valence-electron chi connectivity index (χ2n) is 8.39. The Morgan fingerprint density at radius 1 is 1.11 bits per heavy atom. The SMILES string of the molecule is COc1ccccc1Oc1ccc(N2C[C@H](C(=O)OCC(=O)Nc3cc(Cl)c(Br)cc3C)CC2=O)cc1. The van der Waals surface area contributed by atoms with Crippen LogP contribution in [-0.4, -0.2) is 38.0 Å². The van der Waals surface area contributed by atoms with Gasteiger partial charge in [-0.25, -0.2) is 0 Å². The number of halogens is 2. The lowest BCUT2D eigenvalue weighted by molar-refractivity contribution is -0.151. The molecule has 1 heterocycles. The number of rotatable bonds is 8. The highest BCUT2D eigenvalue weighted by Crippen LogP contribution is 2.33. The van der Waals surface area contributed by atoms with Crippen molar-refractivity contribution < 1.29 is 28.6 Å². The molecule has 1 N–H and O–H groups in total. The minimum absolute atomic E-state index is 0.00134. The van der Waals surface area contributed by atoms with Crippen molar-refractivity contribution in [3.8, 4) is 17.2 Å². The van der Waals surface area contributed by atoms with Gasteiger partial charge in [-0.1, -0.05) is 23.7 Å². The molecule has 192 valence electrons. The first-order chi connectivity index (χ1) is 17.7. The van der Waals surface area contributed by atoms with Crippen LogP contribution in [0.15, 0.2) is 65.1 Å². The highest BCUT2D eigenvalue weighted by Gasteiger charge is 2.36. The summed E-state index contributed by atoms with van der Waals surface area (Å²) in [5.41, 5.74) is 1.95. The monoisotopic (exact) mass is 586 g/mol. The topological polar surface area (TPSA) is 94.2 Å². The Morgan fingerprint density at radius 3 is 2.51 bits per heavy atom. The number of amides is 2. The number of esters is 1. The van der Waals surface area contributed by atoms with Crippen molar-refractivity contribution >= 4 is 56.7 Å². The van der Waals surface area contributed by atoms with Crippen LogP contribution in [0.1, 0.15) is 12.0 Å². The maximum absolute atomic E-state index is 12.6. The predicted octanol–water partition coefficient (Wildman–Crippen LogP) is 5.75. The molecule has 3 aromatic rings. The van der Waals surface area contributed by atoms with Gasteiger partial charge < -0.3 is 24.4 Å². The van der Waals surface area contributed by atoms with E-state index in [1.807, 2.05) is 19.1 Å². The van der Waals surface area contributed by atoms with Crippen LogP contribution in [0, 0.1) is 12.8 Å². The van der Waals surface area contributed by atoms with Gasteiger partial charge in [-0.15, -0.1) is 0 Å². The highest BCUT2D eigenvalue weighted by atomic mass is 79.9. The first-order valence-corrected chi connectivity index (χ1v) is 12.6. The van der Waals surface area contributed by atoms with Gasteiger partial charge in [0.15, 0.2) is 18.1 Å². The number of hydrogen-bond acceptors (Lipinski definition) is 6. The summed E-state index contributed by atoms with van der Waals surface area (Å²) >= 11 is 9.41. The summed E-state index contributed by atoms with van der Waals surface area (Å²) in [6.07, 6.45) is 0.00134. The number of aryl methyl sites for hydroxylation is 1. The van der Waals surface area contributed by atoms with Crippen LogP contribution in [-0.2, 0) is 19.1 Å². The Morgan fingerprint density at radius 2 is 1.81 bits per heavy atom. The summed E-state index contributed by atoms with van der Waals surface area (Å²) in [7, 11) is 1.57. The summed E-state index contributed by atoms with van der Waals surface area (Å²) in [6.45, 7) is 1.51. The first kappa shape index (κ1) is 26.5. The Labute approximate surface area is 227 Å². The molecule has 2 amide bonds. The third kappa shape index (κ3) is 6.42. The molecule has 1 aliphatic rings. The number of benzene rings is 3. The lowest BCUT2D eigenvalue weighted by Crippen LogP contribution is -2.28. The summed E-state index contributed by atoms with van der Waals surface area (Å²) in [6, 6.07) is 17.6. The van der Waals surface area contributed by atoms with Gasteiger partial charge in [-0.3, -0.25) is 14.4 Å². The number of para-hydroxylation sites is 2. The molecule has 8 nitrogen and oxygen atoms in total. The van der Waals surface area contributed by atoms with Gasteiger partial charge in [-0.2, -0.15) is 0 Å². The van der Waals surface area contributed by atoms with Crippen LogP contribution in [0.5, 0.6) is 17.2 Å². The Kier molecular flexibility index (Phi) is 8.35. The average molecular weight is 588 g/mol. The third-order valence-corrected chi connectivity index (χ3v) is 6.99. The van der Waals surface area contributed by atoms with E-state index in [-0.39, 0.29) is 18.9 Å². The number of ether oxygens (including phenoxy) is 3. The molecule has 1 aliphatic heterocycles. The number of anilines is 2. The van der Waals surface area contributed by atoms with E-state index < -0.39 is 24.4 Å². The summed E-state index contributed by atoms with van der Waals surface area (Å²) < 4.78 is 17.1. The summed E-state index contributed by atoms with van der Waals surface area (Å²) in [5.74, 6) is -0.232. The fourth-order valence-electron chi connectivity index (χ4n) is 3.86. The van der Waals surface area contributed by atoms with Crippen molar-refractivity contribution in [2.45, 2.75) is 13.3 Å². The number of methoxy groups -OCH3 is 1. The van der Waals surface area contributed by atoms with Crippen molar-refractivity contribution in [3.63, 3.8) is 0 Å². The van der Waals surface area contributed by atoms with Gasteiger partial charge in [0.05, 0.1) is 18.1 Å². The Hall–Kier alpha value is -3.56. The average Bonchev–Trinajstić information content (AvgIpc) is 3.28. The lowest BCUT2D eigenvalue weighted by Gasteiger charge is -2.17. The van der Waals surface area contributed by atoms with E-state index in [1.165, 1.54) is 4.90 Å². The normalized spacial score (nSPS) is 14.9. The van der Waals surface area contributed by atoms with Crippen molar-refractivity contribution in [3.05, 3.63) is 75.7 Å². The van der Waals surface area contributed by atoms with Crippen LogP contribution in [0.4, 0.5) is 11.4 Å². The number of nitrogens with zero attached hydrogens (tertiary/aromatic N) is 1. The number of carbonyl (C=O) groups is 3. The van der Waals surface area contributed by atoms with Crippen molar-refractivity contribution in [1.29, 1.82) is 0 Å². The molecule has 1 fully saturated rings. The summed E-state index contributed by atoms with van der Waals surface area (Å²) in [4.78, 5) is 39.0. The minimum Gasteiger partial charge on any atom is -0.493 e. The Balaban J connectivity index is 1.31. The maximum Gasteiger partial charge on any atom is 0.311 e. The second kappa shape index (κ2) is 11.7. The zero-order valence-corrected chi connectivity index (χ0v) is 22.5. The molecule has 0 aliphatic carbocycles. The maximum atomic E-state index is 12.6. The molecule has 0 bridgehead atoms. The van der Waals surface area contributed by atoms with Crippen LogP contribution >= 0.6 is 27.5 Å². The van der Waals surface area contributed by atoms with Crippen LogP contribution in [0.2, 0.25) is 5.02 Å². The molecule has 37 heavy (non-hydrogen) atoms. The van der Waals surface area contributed by atoms with Gasteiger partial charge in [-0.05, 0) is 76.9 Å². The smallest absolute Gasteiger partial charge is 0.311 e. The van der Waals surface area contributed by atoms with Crippen LogP contribution in [0.25, 0.3) is 0 Å². The molecule has 0 unspecified atom stereocenters. The molecule has 0 aromatic heterocycles. The zero-order valence-electron chi connectivity index (χ0n) is 20.1. The van der Waals surface area contributed by atoms with E-state index in [4.69, 9.17) is 25.8 Å². The lowest BCUT2D eigenvalue weighted by atomic mass is 10.1. The van der Waals surface area contributed by atoms with E-state index in [9.17, 15) is 14.4 Å². The van der Waals surface area contributed by atoms with Gasteiger partial charge >= 0.3 is 5.97 Å². The van der Waals surface area contributed by atoms with Gasteiger partial charge in [0.25, 0.3) is 5.91 Å². The van der Waals surface area contributed by atoms with Crippen molar-refractivity contribution in [2.75, 3.05) is 30.5 Å². The minimum atomic E-state index is -0.673. The van der Waals surface area contributed by atoms with Gasteiger partial charge in [0.1, 0.15) is 5.75 Å². The molecule has 0 spiro atoms. The van der Waals surface area contributed by atoms with Crippen LogP contribution in [0.3, 0.4) is 0 Å². The highest BCUT2D eigenvalue weighted by molar-refractivity contribution is 9.10. The molecule has 1 saturated heterocycles. The van der Waals surface area contributed by atoms with Crippen molar-refractivity contribution in [2.24, 2.45) is 5.92 Å². The largest absolute Gasteiger partial charge is 0.493 e. The number of carbonyl (C=O) groups excluding carboxylic acids is 3. The van der Waals surface area contributed by atoms with E-state index in [0.29, 0.717) is 38.1 Å². The standard InChI is InChI=1S/C27H24BrClN2O6/c1-16-11-20(28)21(29)13-22(16)30-25(32)15-36-27(34)17-12-26(33)31(14-17)18-7-9-19(10-8-18)37-24-6-4-3-5-23(24)35-2/h3-11,13,17H,12,14-15H2,1-2H3,(H,30,32)/t17-/m1/s1. The number of hydrogen-bond donors (Lipinski definition) is 1. The van der Waals surface area contributed by atoms with E-state index in [1.54, 1.807) is 55.6 Å².